The van der Waals surface area contributed by atoms with Gasteiger partial charge in [-0.25, -0.2) is 0 Å². The van der Waals surface area contributed by atoms with Crippen molar-refractivity contribution < 1.29 is 4.79 Å². The Hall–Kier alpha value is -0.590. The summed E-state index contributed by atoms with van der Waals surface area (Å²) < 4.78 is 0. The molecule has 1 aliphatic rings. The molecule has 0 aromatic heterocycles. The van der Waals surface area contributed by atoms with Gasteiger partial charge in [-0.05, 0) is 42.6 Å². The Morgan fingerprint density at radius 3 is 2.57 bits per heavy atom. The molecule has 0 saturated heterocycles. The Balaban J connectivity index is 2.63. The molecule has 0 unspecified atom stereocenters. The second-order valence-corrected chi connectivity index (χ2v) is 5.01. The Morgan fingerprint density at radius 2 is 2.00 bits per heavy atom. The Morgan fingerprint density at radius 1 is 1.29 bits per heavy atom. The summed E-state index contributed by atoms with van der Waals surface area (Å²) in [7, 11) is 0. The smallest absolute Gasteiger partial charge is 0.142 e. The van der Waals surface area contributed by atoms with Gasteiger partial charge in [-0.3, -0.25) is 4.79 Å². The maximum absolute atomic E-state index is 10.3. The van der Waals surface area contributed by atoms with E-state index in [-0.39, 0.29) is 0 Å². The standard InChI is InChI=1S/C13H22O/c1-10(2)13-7-6-11(3)9-12(13)5-4-8-14/h4-5,8,10-13H,6-7,9H2,1-3H3/b5-4+/t11-,12-,13+/m1/s1. The van der Waals surface area contributed by atoms with Crippen LogP contribution in [0.1, 0.15) is 40.0 Å². The van der Waals surface area contributed by atoms with Gasteiger partial charge in [-0.1, -0.05) is 33.3 Å². The highest BCUT2D eigenvalue weighted by atomic mass is 16.1. The molecule has 0 aromatic carbocycles. The molecule has 1 heteroatoms. The molecular formula is C13H22O. The first-order valence-corrected chi connectivity index (χ1v) is 5.77. The fraction of sp³-hybridized carbons (Fsp3) is 0.769. The molecule has 0 aliphatic heterocycles. The van der Waals surface area contributed by atoms with Crippen molar-refractivity contribution in [3.8, 4) is 0 Å². The molecule has 80 valence electrons. The minimum absolute atomic E-state index is 0.629. The van der Waals surface area contributed by atoms with E-state index in [2.05, 4.69) is 26.8 Å². The van der Waals surface area contributed by atoms with Crippen molar-refractivity contribution in [1.82, 2.24) is 0 Å². The van der Waals surface area contributed by atoms with E-state index in [9.17, 15) is 4.79 Å². The van der Waals surface area contributed by atoms with Gasteiger partial charge in [-0.15, -0.1) is 0 Å². The third kappa shape index (κ3) is 2.97. The van der Waals surface area contributed by atoms with Crippen LogP contribution in [0.2, 0.25) is 0 Å². The summed E-state index contributed by atoms with van der Waals surface area (Å²) in [5.74, 6) is 2.97. The number of carbonyl (C=O) groups is 1. The quantitative estimate of drug-likeness (QED) is 0.497. The molecule has 0 heterocycles. The molecule has 1 nitrogen and oxygen atoms in total. The van der Waals surface area contributed by atoms with E-state index < -0.39 is 0 Å². The molecule has 0 radical (unpaired) electrons. The van der Waals surface area contributed by atoms with Gasteiger partial charge in [0, 0.05) is 0 Å². The van der Waals surface area contributed by atoms with Crippen LogP contribution in [-0.2, 0) is 4.79 Å². The van der Waals surface area contributed by atoms with E-state index in [1.165, 1.54) is 19.3 Å². The van der Waals surface area contributed by atoms with Crippen LogP contribution in [0.4, 0.5) is 0 Å². The molecule has 0 spiro atoms. The third-order valence-corrected chi connectivity index (χ3v) is 3.51. The third-order valence-electron chi connectivity index (χ3n) is 3.51. The van der Waals surface area contributed by atoms with Crippen LogP contribution in [0, 0.1) is 23.7 Å². The first kappa shape index (κ1) is 11.5. The van der Waals surface area contributed by atoms with E-state index in [0.29, 0.717) is 5.92 Å². The molecule has 0 bridgehead atoms. The topological polar surface area (TPSA) is 17.1 Å². The van der Waals surface area contributed by atoms with Gasteiger partial charge in [0.25, 0.3) is 0 Å². The highest BCUT2D eigenvalue weighted by molar-refractivity contribution is 5.64. The minimum atomic E-state index is 0.629. The second kappa shape index (κ2) is 5.33. The largest absolute Gasteiger partial charge is 0.299 e. The summed E-state index contributed by atoms with van der Waals surface area (Å²) in [6.07, 6.45) is 8.64. The molecule has 3 atom stereocenters. The molecular weight excluding hydrogens is 172 g/mol. The highest BCUT2D eigenvalue weighted by Gasteiger charge is 2.28. The van der Waals surface area contributed by atoms with Gasteiger partial charge in [0.05, 0.1) is 0 Å². The zero-order valence-electron chi connectivity index (χ0n) is 9.57. The molecule has 1 saturated carbocycles. The summed E-state index contributed by atoms with van der Waals surface area (Å²) in [5.41, 5.74) is 0. The summed E-state index contributed by atoms with van der Waals surface area (Å²) in [4.78, 5) is 10.3. The first-order valence-electron chi connectivity index (χ1n) is 5.77. The molecule has 0 N–H and O–H groups in total. The predicted molar refractivity (Wildman–Crippen MR) is 60.0 cm³/mol. The highest BCUT2D eigenvalue weighted by Crippen LogP contribution is 2.38. The fourth-order valence-corrected chi connectivity index (χ4v) is 2.69. The normalized spacial score (nSPS) is 33.9. The van der Waals surface area contributed by atoms with Crippen LogP contribution in [0.5, 0.6) is 0 Å². The lowest BCUT2D eigenvalue weighted by Gasteiger charge is -2.35. The van der Waals surface area contributed by atoms with Crippen molar-refractivity contribution in [1.29, 1.82) is 0 Å². The van der Waals surface area contributed by atoms with Crippen LogP contribution >= 0.6 is 0 Å². The number of carbonyl (C=O) groups excluding carboxylic acids is 1. The molecule has 0 amide bonds. The van der Waals surface area contributed by atoms with Crippen LogP contribution in [0.15, 0.2) is 12.2 Å². The van der Waals surface area contributed by atoms with Crippen LogP contribution in [0.25, 0.3) is 0 Å². The summed E-state index contributed by atoms with van der Waals surface area (Å²) in [6, 6.07) is 0. The van der Waals surface area contributed by atoms with Crippen molar-refractivity contribution in [3.63, 3.8) is 0 Å². The monoisotopic (exact) mass is 194 g/mol. The van der Waals surface area contributed by atoms with Gasteiger partial charge >= 0.3 is 0 Å². The molecule has 1 rings (SSSR count). The van der Waals surface area contributed by atoms with Gasteiger partial charge in [0.2, 0.25) is 0 Å². The van der Waals surface area contributed by atoms with Gasteiger partial charge in [-0.2, -0.15) is 0 Å². The lowest BCUT2D eigenvalue weighted by Crippen LogP contribution is -2.26. The van der Waals surface area contributed by atoms with Gasteiger partial charge in [0.1, 0.15) is 6.29 Å². The average molecular weight is 194 g/mol. The van der Waals surface area contributed by atoms with E-state index >= 15 is 0 Å². The van der Waals surface area contributed by atoms with E-state index in [0.717, 1.165) is 24.0 Å². The summed E-state index contributed by atoms with van der Waals surface area (Å²) in [5, 5.41) is 0. The maximum atomic E-state index is 10.3. The molecule has 1 aliphatic carbocycles. The number of hydrogen-bond acceptors (Lipinski definition) is 1. The Labute approximate surface area is 87.6 Å². The number of hydrogen-bond donors (Lipinski definition) is 0. The van der Waals surface area contributed by atoms with Crippen molar-refractivity contribution >= 4 is 6.29 Å². The predicted octanol–water partition coefficient (Wildman–Crippen LogP) is 3.45. The lowest BCUT2D eigenvalue weighted by molar-refractivity contribution is -0.104. The van der Waals surface area contributed by atoms with E-state index in [1.807, 2.05) is 0 Å². The Bertz CT molecular complexity index is 205. The van der Waals surface area contributed by atoms with Crippen LogP contribution < -0.4 is 0 Å². The Kier molecular flexibility index (Phi) is 4.37. The van der Waals surface area contributed by atoms with Crippen LogP contribution in [0.3, 0.4) is 0 Å². The number of aldehydes is 1. The first-order chi connectivity index (χ1) is 6.65. The fourth-order valence-electron chi connectivity index (χ4n) is 2.69. The zero-order chi connectivity index (χ0) is 10.6. The van der Waals surface area contributed by atoms with Crippen molar-refractivity contribution in [2.75, 3.05) is 0 Å². The maximum Gasteiger partial charge on any atom is 0.142 e. The van der Waals surface area contributed by atoms with Gasteiger partial charge in [0.15, 0.2) is 0 Å². The van der Waals surface area contributed by atoms with Crippen molar-refractivity contribution in [2.45, 2.75) is 40.0 Å². The zero-order valence-corrected chi connectivity index (χ0v) is 9.57. The van der Waals surface area contributed by atoms with E-state index in [4.69, 9.17) is 0 Å². The minimum Gasteiger partial charge on any atom is -0.299 e. The molecule has 14 heavy (non-hydrogen) atoms. The lowest BCUT2D eigenvalue weighted by atomic mass is 9.70. The number of allylic oxidation sites excluding steroid dienone is 2. The van der Waals surface area contributed by atoms with Crippen LogP contribution in [-0.4, -0.2) is 6.29 Å². The van der Waals surface area contributed by atoms with Crippen molar-refractivity contribution in [3.05, 3.63) is 12.2 Å². The summed E-state index contributed by atoms with van der Waals surface area (Å²) in [6.45, 7) is 6.91. The average Bonchev–Trinajstić information content (AvgIpc) is 2.14. The van der Waals surface area contributed by atoms with Gasteiger partial charge < -0.3 is 0 Å². The SMILES string of the molecule is CC(C)[C@@H]1CC[C@@H](C)C[C@H]1/C=C/C=O. The summed E-state index contributed by atoms with van der Waals surface area (Å²) >= 11 is 0. The molecule has 1 fully saturated rings. The van der Waals surface area contributed by atoms with E-state index in [1.54, 1.807) is 6.08 Å². The van der Waals surface area contributed by atoms with Crippen molar-refractivity contribution in [2.24, 2.45) is 23.7 Å². The second-order valence-electron chi connectivity index (χ2n) is 5.01. The number of rotatable bonds is 3. The molecule has 0 aromatic rings.